The molecule has 0 saturated carbocycles. The van der Waals surface area contributed by atoms with E-state index in [4.69, 9.17) is 4.42 Å². The van der Waals surface area contributed by atoms with Crippen molar-refractivity contribution in [2.45, 2.75) is 6.18 Å². The van der Waals surface area contributed by atoms with E-state index in [2.05, 4.69) is 4.74 Å². The number of carbonyl (C=O) groups excluding carboxylic acids is 1. The zero-order valence-corrected chi connectivity index (χ0v) is 8.92. The Kier molecular flexibility index (Phi) is 2.64. The highest BCUT2D eigenvalue weighted by atomic mass is 19.4. The van der Waals surface area contributed by atoms with Crippen molar-refractivity contribution >= 4 is 17.1 Å². The maximum atomic E-state index is 12.4. The van der Waals surface area contributed by atoms with Crippen LogP contribution in [0.15, 0.2) is 21.3 Å². The van der Waals surface area contributed by atoms with Gasteiger partial charge in [-0.1, -0.05) is 0 Å². The second-order valence-electron chi connectivity index (χ2n) is 3.39. The summed E-state index contributed by atoms with van der Waals surface area (Å²) in [6, 6.07) is 1.43. The van der Waals surface area contributed by atoms with Gasteiger partial charge in [-0.2, -0.15) is 13.2 Å². The van der Waals surface area contributed by atoms with Crippen LogP contribution in [0.2, 0.25) is 0 Å². The van der Waals surface area contributed by atoms with Crippen molar-refractivity contribution in [2.75, 3.05) is 7.11 Å². The molecule has 0 aromatic carbocycles. The van der Waals surface area contributed by atoms with Crippen molar-refractivity contribution in [3.05, 3.63) is 33.8 Å². The van der Waals surface area contributed by atoms with Gasteiger partial charge in [-0.3, -0.25) is 4.79 Å². The van der Waals surface area contributed by atoms with Gasteiger partial charge in [0.05, 0.1) is 12.5 Å². The number of aromatic amines is 1. The van der Waals surface area contributed by atoms with Gasteiger partial charge in [-0.15, -0.1) is 0 Å². The van der Waals surface area contributed by atoms with Gasteiger partial charge in [0.2, 0.25) is 11.5 Å². The number of ether oxygens (including phenoxy) is 1. The molecule has 18 heavy (non-hydrogen) atoms. The van der Waals surface area contributed by atoms with Crippen molar-refractivity contribution < 1.29 is 27.1 Å². The zero-order chi connectivity index (χ0) is 13.5. The molecule has 2 aromatic heterocycles. The van der Waals surface area contributed by atoms with Crippen LogP contribution < -0.4 is 5.43 Å². The molecule has 1 N–H and O–H groups in total. The first-order valence-electron chi connectivity index (χ1n) is 4.65. The number of hydrogen-bond acceptors (Lipinski definition) is 4. The van der Waals surface area contributed by atoms with Crippen LogP contribution in [0, 0.1) is 0 Å². The normalized spacial score (nSPS) is 11.8. The fourth-order valence-electron chi connectivity index (χ4n) is 1.39. The molecule has 0 aliphatic heterocycles. The number of furan rings is 1. The molecular weight excluding hydrogens is 255 g/mol. The van der Waals surface area contributed by atoms with E-state index in [9.17, 15) is 22.8 Å². The number of carbonyl (C=O) groups is 1. The van der Waals surface area contributed by atoms with Crippen LogP contribution in [0.5, 0.6) is 0 Å². The minimum absolute atomic E-state index is 0.150. The standard InChI is InChI=1S/C10H6F3NO4/c1-17-9(16)6-2-4-5(15)3-7(10(11,12)13)14-8(4)18-6/h2-3H,1H3,(H,14,15). The monoisotopic (exact) mass is 261 g/mol. The van der Waals surface area contributed by atoms with Crippen LogP contribution in [0.25, 0.3) is 11.1 Å². The number of methoxy groups -OCH3 is 1. The number of esters is 1. The SMILES string of the molecule is COC(=O)c1cc2c(=O)cc(C(F)(F)F)[nH]c2o1. The lowest BCUT2D eigenvalue weighted by Crippen LogP contribution is -2.12. The van der Waals surface area contributed by atoms with Crippen molar-refractivity contribution in [3.63, 3.8) is 0 Å². The molecule has 0 saturated heterocycles. The Balaban J connectivity index is 2.67. The lowest BCUT2D eigenvalue weighted by atomic mass is 10.2. The first kappa shape index (κ1) is 12.2. The second kappa shape index (κ2) is 3.90. The number of rotatable bonds is 1. The molecule has 0 fully saturated rings. The predicted octanol–water partition coefficient (Wildman–Crippen LogP) is 1.93. The van der Waals surface area contributed by atoms with Crippen molar-refractivity contribution in [1.29, 1.82) is 0 Å². The number of alkyl halides is 3. The van der Waals surface area contributed by atoms with Crippen molar-refractivity contribution in [3.8, 4) is 0 Å². The number of aromatic nitrogens is 1. The van der Waals surface area contributed by atoms with Crippen LogP contribution in [0.3, 0.4) is 0 Å². The van der Waals surface area contributed by atoms with Crippen LogP contribution in [-0.4, -0.2) is 18.1 Å². The number of H-pyrrole nitrogens is 1. The fraction of sp³-hybridized carbons (Fsp3) is 0.200. The van der Waals surface area contributed by atoms with E-state index >= 15 is 0 Å². The molecule has 0 bridgehead atoms. The van der Waals surface area contributed by atoms with E-state index in [-0.39, 0.29) is 11.1 Å². The molecular formula is C10H6F3NO4. The Morgan fingerprint density at radius 2 is 2.06 bits per heavy atom. The molecule has 8 heteroatoms. The average molecular weight is 261 g/mol. The Hall–Kier alpha value is -2.25. The van der Waals surface area contributed by atoms with Crippen molar-refractivity contribution in [1.82, 2.24) is 4.98 Å². The van der Waals surface area contributed by atoms with E-state index in [0.29, 0.717) is 6.07 Å². The number of fused-ring (bicyclic) bond motifs is 1. The zero-order valence-electron chi connectivity index (χ0n) is 8.92. The van der Waals surface area contributed by atoms with Crippen LogP contribution in [-0.2, 0) is 10.9 Å². The summed E-state index contributed by atoms with van der Waals surface area (Å²) in [5, 5.41) is -0.150. The maximum Gasteiger partial charge on any atom is 0.431 e. The quantitative estimate of drug-likeness (QED) is 0.796. The molecule has 5 nitrogen and oxygen atoms in total. The Bertz CT molecular complexity index is 668. The molecule has 2 aromatic rings. The summed E-state index contributed by atoms with van der Waals surface area (Å²) in [6.45, 7) is 0. The molecule has 96 valence electrons. The summed E-state index contributed by atoms with van der Waals surface area (Å²) in [6.07, 6.45) is -4.70. The molecule has 0 unspecified atom stereocenters. The summed E-state index contributed by atoms with van der Waals surface area (Å²) in [7, 11) is 1.08. The molecule has 0 aliphatic carbocycles. The highest BCUT2D eigenvalue weighted by Crippen LogP contribution is 2.28. The molecule has 0 amide bonds. The summed E-state index contributed by atoms with van der Waals surface area (Å²) in [5.74, 6) is -1.23. The van der Waals surface area contributed by atoms with E-state index in [1.807, 2.05) is 4.98 Å². The lowest BCUT2D eigenvalue weighted by molar-refractivity contribution is -0.141. The molecule has 2 rings (SSSR count). The van der Waals surface area contributed by atoms with Crippen molar-refractivity contribution in [2.24, 2.45) is 0 Å². The van der Waals surface area contributed by atoms with Gasteiger partial charge >= 0.3 is 12.1 Å². The molecule has 0 spiro atoms. The smallest absolute Gasteiger partial charge is 0.431 e. The highest BCUT2D eigenvalue weighted by molar-refractivity contribution is 5.91. The number of hydrogen-bond donors (Lipinski definition) is 1. The third-order valence-electron chi connectivity index (χ3n) is 2.21. The number of pyridine rings is 1. The summed E-state index contributed by atoms with van der Waals surface area (Å²) in [5.41, 5.74) is -2.56. The number of halogens is 3. The molecule has 0 atom stereocenters. The largest absolute Gasteiger partial charge is 0.463 e. The van der Waals surface area contributed by atoms with Gasteiger partial charge in [0.25, 0.3) is 0 Å². The molecule has 0 radical (unpaired) electrons. The third-order valence-corrected chi connectivity index (χ3v) is 2.21. The maximum absolute atomic E-state index is 12.4. The molecule has 0 aliphatic rings. The minimum atomic E-state index is -4.70. The predicted molar refractivity (Wildman–Crippen MR) is 53.2 cm³/mol. The first-order valence-corrected chi connectivity index (χ1v) is 4.65. The van der Waals surface area contributed by atoms with E-state index in [1.165, 1.54) is 0 Å². The Labute approximate surface area is 97.2 Å². The highest BCUT2D eigenvalue weighted by Gasteiger charge is 2.33. The van der Waals surface area contributed by atoms with E-state index in [0.717, 1.165) is 13.2 Å². The van der Waals surface area contributed by atoms with E-state index in [1.54, 1.807) is 0 Å². The molecule has 2 heterocycles. The van der Waals surface area contributed by atoms with Gasteiger partial charge in [0, 0.05) is 12.1 Å². The number of nitrogens with one attached hydrogen (secondary N) is 1. The van der Waals surface area contributed by atoms with Crippen LogP contribution in [0.4, 0.5) is 13.2 Å². The summed E-state index contributed by atoms with van der Waals surface area (Å²) < 4.78 is 46.4. The summed E-state index contributed by atoms with van der Waals surface area (Å²) in [4.78, 5) is 24.5. The van der Waals surface area contributed by atoms with Gasteiger partial charge in [-0.25, -0.2) is 4.79 Å². The lowest BCUT2D eigenvalue weighted by Gasteiger charge is -2.04. The fourth-order valence-corrected chi connectivity index (χ4v) is 1.39. The summed E-state index contributed by atoms with van der Waals surface area (Å²) >= 11 is 0. The minimum Gasteiger partial charge on any atom is -0.463 e. The second-order valence-corrected chi connectivity index (χ2v) is 3.39. The van der Waals surface area contributed by atoms with E-state index < -0.39 is 29.0 Å². The topological polar surface area (TPSA) is 72.3 Å². The average Bonchev–Trinajstić information content (AvgIpc) is 2.71. The Morgan fingerprint density at radius 3 is 2.61 bits per heavy atom. The third kappa shape index (κ3) is 1.96. The van der Waals surface area contributed by atoms with Gasteiger partial charge in [0.1, 0.15) is 5.69 Å². The van der Waals surface area contributed by atoms with Crippen LogP contribution >= 0.6 is 0 Å². The van der Waals surface area contributed by atoms with Gasteiger partial charge in [0.15, 0.2) is 5.43 Å². The Morgan fingerprint density at radius 1 is 1.39 bits per heavy atom. The van der Waals surface area contributed by atoms with Crippen LogP contribution in [0.1, 0.15) is 16.2 Å². The first-order chi connectivity index (χ1) is 8.32. The van der Waals surface area contributed by atoms with Gasteiger partial charge in [-0.05, 0) is 0 Å². The van der Waals surface area contributed by atoms with Gasteiger partial charge < -0.3 is 14.1 Å².